The van der Waals surface area contributed by atoms with Crippen LogP contribution in [-0.4, -0.2) is 61.5 Å². The number of aryl methyl sites for hydroxylation is 2. The first-order chi connectivity index (χ1) is 14.0. The van der Waals surface area contributed by atoms with Gasteiger partial charge in [-0.1, -0.05) is 6.07 Å². The van der Waals surface area contributed by atoms with Crippen molar-refractivity contribution in [1.29, 1.82) is 0 Å². The van der Waals surface area contributed by atoms with Gasteiger partial charge in [-0.3, -0.25) is 9.69 Å². The molecular formula is C24H31FN2O2. The van der Waals surface area contributed by atoms with E-state index in [2.05, 4.69) is 41.8 Å². The Labute approximate surface area is 173 Å². The number of Topliss-reactive ketones (excluding diaryl/α,β-unsaturated/α-hetero) is 1. The Morgan fingerprint density at radius 1 is 0.931 bits per heavy atom. The first-order valence-electron chi connectivity index (χ1n) is 10.4. The van der Waals surface area contributed by atoms with Gasteiger partial charge in [0.15, 0.2) is 5.78 Å². The van der Waals surface area contributed by atoms with Crippen molar-refractivity contribution in [1.82, 2.24) is 9.80 Å². The minimum absolute atomic E-state index is 0.0900. The molecule has 2 aromatic rings. The number of rotatable bonds is 9. The van der Waals surface area contributed by atoms with Crippen molar-refractivity contribution in [2.45, 2.75) is 26.7 Å². The Bertz CT molecular complexity index is 779. The molecule has 1 heterocycles. The maximum atomic E-state index is 12.9. The second kappa shape index (κ2) is 10.5. The van der Waals surface area contributed by atoms with E-state index < -0.39 is 0 Å². The Balaban J connectivity index is 1.30. The van der Waals surface area contributed by atoms with E-state index in [0.29, 0.717) is 18.6 Å². The summed E-state index contributed by atoms with van der Waals surface area (Å²) >= 11 is 0. The SMILES string of the molecule is Cc1cc(C)cc(OCCN2CCN(CCCC(=O)c3ccc(F)cc3)CC2)c1. The monoisotopic (exact) mass is 398 g/mol. The Morgan fingerprint density at radius 2 is 1.52 bits per heavy atom. The summed E-state index contributed by atoms with van der Waals surface area (Å²) in [6.45, 7) is 10.9. The summed E-state index contributed by atoms with van der Waals surface area (Å²) < 4.78 is 18.9. The fourth-order valence-electron chi connectivity index (χ4n) is 3.79. The van der Waals surface area contributed by atoms with Crippen molar-refractivity contribution in [2.24, 2.45) is 0 Å². The van der Waals surface area contributed by atoms with Crippen molar-refractivity contribution < 1.29 is 13.9 Å². The second-order valence-corrected chi connectivity index (χ2v) is 7.89. The van der Waals surface area contributed by atoms with Gasteiger partial charge in [-0.15, -0.1) is 0 Å². The predicted octanol–water partition coefficient (Wildman–Crippen LogP) is 4.10. The Morgan fingerprint density at radius 3 is 2.14 bits per heavy atom. The molecule has 0 atom stereocenters. The van der Waals surface area contributed by atoms with Gasteiger partial charge in [0.25, 0.3) is 0 Å². The fraction of sp³-hybridized carbons (Fsp3) is 0.458. The van der Waals surface area contributed by atoms with Crippen molar-refractivity contribution in [3.8, 4) is 5.75 Å². The molecule has 156 valence electrons. The largest absolute Gasteiger partial charge is 0.492 e. The molecule has 29 heavy (non-hydrogen) atoms. The molecule has 0 aromatic heterocycles. The average molecular weight is 399 g/mol. The van der Waals surface area contributed by atoms with E-state index in [1.54, 1.807) is 12.1 Å². The molecule has 0 bridgehead atoms. The first-order valence-corrected chi connectivity index (χ1v) is 10.4. The quantitative estimate of drug-likeness (QED) is 0.596. The van der Waals surface area contributed by atoms with Crippen LogP contribution in [0.4, 0.5) is 4.39 Å². The van der Waals surface area contributed by atoms with E-state index in [4.69, 9.17) is 4.74 Å². The molecule has 0 amide bonds. The molecule has 0 saturated carbocycles. The van der Waals surface area contributed by atoms with Gasteiger partial charge in [-0.2, -0.15) is 0 Å². The molecule has 0 N–H and O–H groups in total. The fourth-order valence-corrected chi connectivity index (χ4v) is 3.79. The molecule has 1 aliphatic rings. The van der Waals surface area contributed by atoms with Crippen LogP contribution in [0, 0.1) is 19.7 Å². The number of nitrogens with zero attached hydrogens (tertiary/aromatic N) is 2. The third-order valence-corrected chi connectivity index (χ3v) is 5.38. The van der Waals surface area contributed by atoms with Gasteiger partial charge in [0.05, 0.1) is 0 Å². The number of ether oxygens (including phenoxy) is 1. The standard InChI is InChI=1S/C24H31FN2O2/c1-19-16-20(2)18-23(17-19)29-15-14-27-12-10-26(11-13-27)9-3-4-24(28)21-5-7-22(25)8-6-21/h5-8,16-18H,3-4,9-15H2,1-2H3. The normalized spacial score (nSPS) is 15.4. The van der Waals surface area contributed by atoms with Crippen LogP contribution in [0.1, 0.15) is 34.3 Å². The van der Waals surface area contributed by atoms with Crippen LogP contribution in [0.2, 0.25) is 0 Å². The van der Waals surface area contributed by atoms with Gasteiger partial charge in [0.1, 0.15) is 18.2 Å². The Kier molecular flexibility index (Phi) is 7.78. The lowest BCUT2D eigenvalue weighted by atomic mass is 10.1. The molecule has 1 aliphatic heterocycles. The zero-order valence-corrected chi connectivity index (χ0v) is 17.5. The summed E-state index contributed by atoms with van der Waals surface area (Å²) in [6.07, 6.45) is 1.35. The van der Waals surface area contributed by atoms with E-state index >= 15 is 0 Å². The van der Waals surface area contributed by atoms with E-state index in [1.165, 1.54) is 23.3 Å². The van der Waals surface area contributed by atoms with E-state index in [1.807, 2.05) is 0 Å². The van der Waals surface area contributed by atoms with Crippen LogP contribution in [0.3, 0.4) is 0 Å². The van der Waals surface area contributed by atoms with Gasteiger partial charge in [-0.25, -0.2) is 4.39 Å². The van der Waals surface area contributed by atoms with Gasteiger partial charge in [0, 0.05) is 44.7 Å². The Hall–Kier alpha value is -2.24. The third-order valence-electron chi connectivity index (χ3n) is 5.38. The number of hydrogen-bond acceptors (Lipinski definition) is 4. The average Bonchev–Trinajstić information content (AvgIpc) is 2.69. The zero-order valence-electron chi connectivity index (χ0n) is 17.5. The lowest BCUT2D eigenvalue weighted by Crippen LogP contribution is -2.47. The van der Waals surface area contributed by atoms with Crippen LogP contribution in [0.5, 0.6) is 5.75 Å². The van der Waals surface area contributed by atoms with Crippen LogP contribution in [-0.2, 0) is 0 Å². The summed E-state index contributed by atoms with van der Waals surface area (Å²) in [5.74, 6) is 0.734. The lowest BCUT2D eigenvalue weighted by Gasteiger charge is -2.34. The highest BCUT2D eigenvalue weighted by atomic mass is 19.1. The molecule has 0 radical (unpaired) electrons. The van der Waals surface area contributed by atoms with Gasteiger partial charge in [-0.05, 0) is 74.3 Å². The van der Waals surface area contributed by atoms with Crippen LogP contribution >= 0.6 is 0 Å². The summed E-state index contributed by atoms with van der Waals surface area (Å²) in [7, 11) is 0. The van der Waals surface area contributed by atoms with E-state index in [-0.39, 0.29) is 11.6 Å². The first kappa shape index (κ1) is 21.5. The van der Waals surface area contributed by atoms with Crippen molar-refractivity contribution in [2.75, 3.05) is 45.9 Å². The van der Waals surface area contributed by atoms with E-state index in [0.717, 1.165) is 51.4 Å². The third kappa shape index (κ3) is 6.94. The molecule has 1 saturated heterocycles. The summed E-state index contributed by atoms with van der Waals surface area (Å²) in [6, 6.07) is 12.1. The summed E-state index contributed by atoms with van der Waals surface area (Å²) in [4.78, 5) is 17.0. The van der Waals surface area contributed by atoms with Crippen LogP contribution < -0.4 is 4.74 Å². The minimum atomic E-state index is -0.307. The number of carbonyl (C=O) groups excluding carboxylic acids is 1. The summed E-state index contributed by atoms with van der Waals surface area (Å²) in [5, 5.41) is 0. The highest BCUT2D eigenvalue weighted by molar-refractivity contribution is 5.95. The number of halogens is 1. The van der Waals surface area contributed by atoms with Crippen molar-refractivity contribution >= 4 is 5.78 Å². The molecule has 4 nitrogen and oxygen atoms in total. The highest BCUT2D eigenvalue weighted by Crippen LogP contribution is 2.16. The predicted molar refractivity (Wildman–Crippen MR) is 114 cm³/mol. The zero-order chi connectivity index (χ0) is 20.6. The van der Waals surface area contributed by atoms with Crippen LogP contribution in [0.25, 0.3) is 0 Å². The molecule has 0 spiro atoms. The number of benzene rings is 2. The van der Waals surface area contributed by atoms with Crippen LogP contribution in [0.15, 0.2) is 42.5 Å². The van der Waals surface area contributed by atoms with Gasteiger partial charge < -0.3 is 9.64 Å². The van der Waals surface area contributed by atoms with Gasteiger partial charge >= 0.3 is 0 Å². The molecular weight excluding hydrogens is 367 g/mol. The summed E-state index contributed by atoms with van der Waals surface area (Å²) in [5.41, 5.74) is 3.05. The van der Waals surface area contributed by atoms with Crippen molar-refractivity contribution in [3.63, 3.8) is 0 Å². The number of carbonyl (C=O) groups is 1. The lowest BCUT2D eigenvalue weighted by molar-refractivity contribution is 0.0953. The topological polar surface area (TPSA) is 32.8 Å². The molecule has 3 rings (SSSR count). The molecule has 0 unspecified atom stereocenters. The number of piperazine rings is 1. The van der Waals surface area contributed by atoms with Crippen molar-refractivity contribution in [3.05, 3.63) is 65.0 Å². The maximum Gasteiger partial charge on any atom is 0.162 e. The maximum absolute atomic E-state index is 12.9. The highest BCUT2D eigenvalue weighted by Gasteiger charge is 2.17. The number of ketones is 1. The van der Waals surface area contributed by atoms with E-state index in [9.17, 15) is 9.18 Å². The second-order valence-electron chi connectivity index (χ2n) is 7.89. The van der Waals surface area contributed by atoms with Gasteiger partial charge in [0.2, 0.25) is 0 Å². The smallest absolute Gasteiger partial charge is 0.162 e. The molecule has 1 fully saturated rings. The molecule has 0 aliphatic carbocycles. The minimum Gasteiger partial charge on any atom is -0.492 e. The number of hydrogen-bond donors (Lipinski definition) is 0. The molecule has 2 aromatic carbocycles. The molecule has 5 heteroatoms.